The lowest BCUT2D eigenvalue weighted by molar-refractivity contribution is -0.359. The third kappa shape index (κ3) is 3.24. The van der Waals surface area contributed by atoms with Crippen LogP contribution >= 0.6 is 0 Å². The molecule has 5 atom stereocenters. The van der Waals surface area contributed by atoms with Gasteiger partial charge in [0.15, 0.2) is 5.79 Å². The Morgan fingerprint density at radius 3 is 2.36 bits per heavy atom. The molecule has 1 heterocycles. The minimum atomic E-state index is -0.277. The van der Waals surface area contributed by atoms with Gasteiger partial charge < -0.3 is 9.47 Å². The van der Waals surface area contributed by atoms with Crippen LogP contribution in [0, 0.1) is 29.6 Å². The smallest absolute Gasteiger partial charge is 0.171 e. The van der Waals surface area contributed by atoms with Crippen LogP contribution in [0.5, 0.6) is 0 Å². The van der Waals surface area contributed by atoms with Gasteiger partial charge in [0.25, 0.3) is 0 Å². The second-order valence-corrected chi connectivity index (χ2v) is 8.82. The Labute approximate surface area is 137 Å². The zero-order valence-corrected chi connectivity index (χ0v) is 15.1. The minimum Gasteiger partial charge on any atom is -0.349 e. The SMILES string of the molecule is CC(C)[C@@H]1CC[C@@H](C)C[C@]12OC[C@@H](C)[C@H](C1CCCCC1)O2. The van der Waals surface area contributed by atoms with Gasteiger partial charge in [0.2, 0.25) is 0 Å². The minimum absolute atomic E-state index is 0.277. The standard InChI is InChI=1S/C20H36O2/c1-14(2)18-11-10-15(3)12-20(18)21-13-16(4)19(22-20)17-8-6-5-7-9-17/h14-19H,5-13H2,1-4H3/t15-,16-,18+,19-,20-/m1/s1. The summed E-state index contributed by atoms with van der Waals surface area (Å²) in [6.07, 6.45) is 11.1. The lowest BCUT2D eigenvalue weighted by Gasteiger charge is -2.54. The van der Waals surface area contributed by atoms with Crippen molar-refractivity contribution >= 4 is 0 Å². The fourth-order valence-electron chi connectivity index (χ4n) is 5.34. The predicted molar refractivity (Wildman–Crippen MR) is 90.6 cm³/mol. The Hall–Kier alpha value is -0.0800. The van der Waals surface area contributed by atoms with Crippen molar-refractivity contribution in [1.29, 1.82) is 0 Å². The summed E-state index contributed by atoms with van der Waals surface area (Å²) in [5.74, 6) is 3.00. The van der Waals surface area contributed by atoms with E-state index >= 15 is 0 Å². The molecule has 2 saturated carbocycles. The van der Waals surface area contributed by atoms with E-state index in [9.17, 15) is 0 Å². The van der Waals surface area contributed by atoms with Crippen LogP contribution in [0.15, 0.2) is 0 Å². The molecule has 2 heteroatoms. The van der Waals surface area contributed by atoms with E-state index < -0.39 is 0 Å². The maximum atomic E-state index is 6.89. The molecule has 3 aliphatic rings. The fourth-order valence-corrected chi connectivity index (χ4v) is 5.34. The molecule has 0 radical (unpaired) electrons. The molecule has 0 unspecified atom stereocenters. The normalized spacial score (nSPS) is 44.6. The summed E-state index contributed by atoms with van der Waals surface area (Å²) in [5.41, 5.74) is 0. The molecule has 3 fully saturated rings. The van der Waals surface area contributed by atoms with E-state index in [2.05, 4.69) is 27.7 Å². The molecule has 0 bridgehead atoms. The third-order valence-electron chi connectivity index (χ3n) is 6.57. The van der Waals surface area contributed by atoms with Crippen molar-refractivity contribution in [3.8, 4) is 0 Å². The Kier molecular flexibility index (Phi) is 5.19. The molecule has 3 rings (SSSR count). The maximum Gasteiger partial charge on any atom is 0.171 e. The monoisotopic (exact) mass is 308 g/mol. The van der Waals surface area contributed by atoms with Gasteiger partial charge in [-0.2, -0.15) is 0 Å². The van der Waals surface area contributed by atoms with Crippen molar-refractivity contribution in [3.63, 3.8) is 0 Å². The Balaban J connectivity index is 1.79. The van der Waals surface area contributed by atoms with Crippen LogP contribution < -0.4 is 0 Å². The number of hydrogen-bond acceptors (Lipinski definition) is 2. The van der Waals surface area contributed by atoms with Gasteiger partial charge in [0, 0.05) is 18.3 Å². The highest BCUT2D eigenvalue weighted by molar-refractivity contribution is 4.94. The Bertz CT molecular complexity index is 361. The fraction of sp³-hybridized carbons (Fsp3) is 1.00. The number of hydrogen-bond donors (Lipinski definition) is 0. The van der Waals surface area contributed by atoms with Gasteiger partial charge in [-0.05, 0) is 37.0 Å². The number of ether oxygens (including phenoxy) is 2. The van der Waals surface area contributed by atoms with E-state index in [1.165, 1.54) is 44.9 Å². The highest BCUT2D eigenvalue weighted by Crippen LogP contribution is 2.49. The van der Waals surface area contributed by atoms with Crippen LogP contribution in [0.2, 0.25) is 0 Å². The van der Waals surface area contributed by atoms with Crippen molar-refractivity contribution in [2.24, 2.45) is 29.6 Å². The molecule has 0 N–H and O–H groups in total. The summed E-state index contributed by atoms with van der Waals surface area (Å²) < 4.78 is 13.4. The van der Waals surface area contributed by atoms with E-state index in [1.54, 1.807) is 0 Å². The van der Waals surface area contributed by atoms with Crippen LogP contribution in [-0.2, 0) is 9.47 Å². The molecule has 0 amide bonds. The average molecular weight is 309 g/mol. The molecule has 1 saturated heterocycles. The van der Waals surface area contributed by atoms with Crippen LogP contribution in [0.25, 0.3) is 0 Å². The van der Waals surface area contributed by atoms with Crippen molar-refractivity contribution in [1.82, 2.24) is 0 Å². The topological polar surface area (TPSA) is 18.5 Å². The summed E-state index contributed by atoms with van der Waals surface area (Å²) in [4.78, 5) is 0. The van der Waals surface area contributed by atoms with E-state index in [0.29, 0.717) is 23.9 Å². The first-order valence-corrected chi connectivity index (χ1v) is 9.83. The van der Waals surface area contributed by atoms with Gasteiger partial charge in [0.05, 0.1) is 12.7 Å². The lowest BCUT2D eigenvalue weighted by Crippen LogP contribution is -2.58. The van der Waals surface area contributed by atoms with Gasteiger partial charge in [-0.25, -0.2) is 0 Å². The Morgan fingerprint density at radius 1 is 0.955 bits per heavy atom. The molecule has 22 heavy (non-hydrogen) atoms. The lowest BCUT2D eigenvalue weighted by atomic mass is 9.71. The van der Waals surface area contributed by atoms with Crippen LogP contribution in [-0.4, -0.2) is 18.5 Å². The third-order valence-corrected chi connectivity index (χ3v) is 6.57. The first kappa shape index (κ1) is 16.8. The largest absolute Gasteiger partial charge is 0.349 e. The molecule has 0 aromatic heterocycles. The molecule has 1 aliphatic heterocycles. The second-order valence-electron chi connectivity index (χ2n) is 8.82. The molecule has 2 nitrogen and oxygen atoms in total. The second kappa shape index (κ2) is 6.81. The molecule has 0 aromatic carbocycles. The van der Waals surface area contributed by atoms with Crippen molar-refractivity contribution in [2.75, 3.05) is 6.61 Å². The molecule has 0 aromatic rings. The van der Waals surface area contributed by atoms with Crippen LogP contribution in [0.4, 0.5) is 0 Å². The summed E-state index contributed by atoms with van der Waals surface area (Å²) >= 11 is 0. The zero-order valence-electron chi connectivity index (χ0n) is 15.1. The van der Waals surface area contributed by atoms with E-state index in [1.807, 2.05) is 0 Å². The predicted octanol–water partition coefficient (Wildman–Crippen LogP) is 5.41. The molecular weight excluding hydrogens is 272 g/mol. The van der Waals surface area contributed by atoms with Gasteiger partial charge in [-0.15, -0.1) is 0 Å². The maximum absolute atomic E-state index is 6.89. The van der Waals surface area contributed by atoms with Crippen LogP contribution in [0.1, 0.15) is 79.1 Å². The molecule has 1 spiro atoms. The van der Waals surface area contributed by atoms with Crippen molar-refractivity contribution in [2.45, 2.75) is 91.0 Å². The Morgan fingerprint density at radius 2 is 1.68 bits per heavy atom. The summed E-state index contributed by atoms with van der Waals surface area (Å²) in [5, 5.41) is 0. The highest BCUT2D eigenvalue weighted by Gasteiger charge is 2.52. The van der Waals surface area contributed by atoms with E-state index in [4.69, 9.17) is 9.47 Å². The van der Waals surface area contributed by atoms with Gasteiger partial charge >= 0.3 is 0 Å². The van der Waals surface area contributed by atoms with Crippen molar-refractivity contribution < 1.29 is 9.47 Å². The van der Waals surface area contributed by atoms with Gasteiger partial charge in [-0.3, -0.25) is 0 Å². The molecule has 128 valence electrons. The first-order valence-electron chi connectivity index (χ1n) is 9.83. The first-order chi connectivity index (χ1) is 10.5. The highest BCUT2D eigenvalue weighted by atomic mass is 16.7. The van der Waals surface area contributed by atoms with Gasteiger partial charge in [-0.1, -0.05) is 53.4 Å². The quantitative estimate of drug-likeness (QED) is 0.679. The van der Waals surface area contributed by atoms with Crippen LogP contribution in [0.3, 0.4) is 0 Å². The van der Waals surface area contributed by atoms with Gasteiger partial charge in [0.1, 0.15) is 0 Å². The zero-order chi connectivity index (χ0) is 15.7. The molecular formula is C20H36O2. The summed E-state index contributed by atoms with van der Waals surface area (Å²) in [6.45, 7) is 10.3. The summed E-state index contributed by atoms with van der Waals surface area (Å²) in [6, 6.07) is 0. The van der Waals surface area contributed by atoms with E-state index in [-0.39, 0.29) is 5.79 Å². The average Bonchev–Trinajstić information content (AvgIpc) is 2.50. The van der Waals surface area contributed by atoms with Crippen molar-refractivity contribution in [3.05, 3.63) is 0 Å². The molecule has 2 aliphatic carbocycles. The van der Waals surface area contributed by atoms with E-state index in [0.717, 1.165) is 24.9 Å². The number of rotatable bonds is 2. The summed E-state index contributed by atoms with van der Waals surface area (Å²) in [7, 11) is 0.